The van der Waals surface area contributed by atoms with Gasteiger partial charge in [-0.3, -0.25) is 14.9 Å². The predicted molar refractivity (Wildman–Crippen MR) is 109 cm³/mol. The fraction of sp³-hybridized carbons (Fsp3) is 0.100. The van der Waals surface area contributed by atoms with E-state index in [9.17, 15) is 9.18 Å². The molecule has 0 aliphatic heterocycles. The Morgan fingerprint density at radius 3 is 2.65 bits per heavy atom. The van der Waals surface area contributed by atoms with Gasteiger partial charge in [0.2, 0.25) is 5.95 Å². The molecule has 0 aliphatic rings. The van der Waals surface area contributed by atoms with E-state index in [1.54, 1.807) is 12.4 Å². The average Bonchev–Trinajstić information content (AvgIpc) is 3.10. The topological polar surface area (TPSA) is 105 Å². The molecule has 4 aromatic rings. The van der Waals surface area contributed by atoms with Crippen LogP contribution in [0.5, 0.6) is 5.88 Å². The van der Waals surface area contributed by atoms with Crippen molar-refractivity contribution >= 4 is 21.9 Å². The molecule has 4 rings (SSSR count). The summed E-state index contributed by atoms with van der Waals surface area (Å²) >= 11 is 3.41. The SMILES string of the molecule is CC(=O)OOc1nn(-c2nccnc2Cc2ccccn2)c(-c2ccc(F)nc2)c1Br. The van der Waals surface area contributed by atoms with E-state index < -0.39 is 11.9 Å². The quantitative estimate of drug-likeness (QED) is 0.232. The molecule has 4 heterocycles. The molecule has 0 radical (unpaired) electrons. The summed E-state index contributed by atoms with van der Waals surface area (Å²) in [7, 11) is 0. The number of pyridine rings is 2. The molecular formula is C20H14BrFN6O3. The number of rotatable bonds is 6. The van der Waals surface area contributed by atoms with Crippen LogP contribution in [0.2, 0.25) is 0 Å². The van der Waals surface area contributed by atoms with Gasteiger partial charge in [0.05, 0.1) is 11.4 Å². The molecule has 0 amide bonds. The lowest BCUT2D eigenvalue weighted by atomic mass is 10.2. The van der Waals surface area contributed by atoms with Gasteiger partial charge < -0.3 is 0 Å². The number of halogens is 2. The summed E-state index contributed by atoms with van der Waals surface area (Å²) in [5.41, 5.74) is 2.36. The number of nitrogens with zero attached hydrogens (tertiary/aromatic N) is 6. The number of carbonyl (C=O) groups excluding carboxylic acids is 1. The van der Waals surface area contributed by atoms with Crippen LogP contribution in [0.3, 0.4) is 0 Å². The van der Waals surface area contributed by atoms with Crippen molar-refractivity contribution < 1.29 is 19.0 Å². The highest BCUT2D eigenvalue weighted by atomic mass is 79.9. The zero-order valence-corrected chi connectivity index (χ0v) is 17.7. The maximum Gasteiger partial charge on any atom is 0.352 e. The molecule has 0 saturated heterocycles. The Kier molecular flexibility index (Phi) is 5.94. The van der Waals surface area contributed by atoms with Crippen LogP contribution in [0.4, 0.5) is 4.39 Å². The number of hydrogen-bond donors (Lipinski definition) is 0. The van der Waals surface area contributed by atoms with Crippen molar-refractivity contribution in [3.05, 3.63) is 76.9 Å². The van der Waals surface area contributed by atoms with Crippen molar-refractivity contribution in [3.8, 4) is 23.0 Å². The molecule has 11 heteroatoms. The maximum absolute atomic E-state index is 13.4. The van der Waals surface area contributed by atoms with Crippen LogP contribution in [0.15, 0.2) is 59.6 Å². The van der Waals surface area contributed by atoms with E-state index in [2.05, 4.69) is 45.9 Å². The zero-order chi connectivity index (χ0) is 21.8. The monoisotopic (exact) mass is 484 g/mol. The molecule has 0 aliphatic carbocycles. The molecular weight excluding hydrogens is 471 g/mol. The predicted octanol–water partition coefficient (Wildman–Crippen LogP) is 3.47. The van der Waals surface area contributed by atoms with Gasteiger partial charge in [-0.05, 0) is 40.2 Å². The van der Waals surface area contributed by atoms with Gasteiger partial charge in [0, 0.05) is 49.4 Å². The van der Waals surface area contributed by atoms with Crippen molar-refractivity contribution in [1.82, 2.24) is 29.7 Å². The summed E-state index contributed by atoms with van der Waals surface area (Å²) in [5, 5.41) is 4.38. The molecule has 4 aromatic heterocycles. The van der Waals surface area contributed by atoms with Crippen molar-refractivity contribution in [2.45, 2.75) is 13.3 Å². The van der Waals surface area contributed by atoms with E-state index in [1.807, 2.05) is 18.2 Å². The van der Waals surface area contributed by atoms with Gasteiger partial charge in [0.1, 0.15) is 4.47 Å². The molecule has 0 fully saturated rings. The van der Waals surface area contributed by atoms with Crippen LogP contribution >= 0.6 is 15.9 Å². The van der Waals surface area contributed by atoms with Gasteiger partial charge in [-0.1, -0.05) is 6.07 Å². The number of aromatic nitrogens is 6. The second-order valence-electron chi connectivity index (χ2n) is 6.23. The minimum atomic E-state index is -0.651. The molecule has 0 aromatic carbocycles. The van der Waals surface area contributed by atoms with Gasteiger partial charge in [0.25, 0.3) is 0 Å². The van der Waals surface area contributed by atoms with Crippen molar-refractivity contribution in [2.75, 3.05) is 0 Å². The number of carbonyl (C=O) groups is 1. The molecule has 0 bridgehead atoms. The molecule has 0 atom stereocenters. The van der Waals surface area contributed by atoms with Crippen LogP contribution in [-0.2, 0) is 16.1 Å². The molecule has 9 nitrogen and oxygen atoms in total. The highest BCUT2D eigenvalue weighted by Crippen LogP contribution is 2.37. The van der Waals surface area contributed by atoms with Gasteiger partial charge in [-0.25, -0.2) is 24.3 Å². The Hall–Kier alpha value is -3.73. The van der Waals surface area contributed by atoms with Crippen molar-refractivity contribution in [3.63, 3.8) is 0 Å². The van der Waals surface area contributed by atoms with Gasteiger partial charge >= 0.3 is 11.8 Å². The smallest absolute Gasteiger partial charge is 0.263 e. The standard InChI is InChI=1S/C20H14BrFN6O3/c1-12(29)30-31-20-17(21)18(13-5-6-16(22)26-11-13)28(27-20)19-15(24-8-9-25-19)10-14-4-2-3-7-23-14/h2-9,11H,10H2,1H3. The molecule has 156 valence electrons. The summed E-state index contributed by atoms with van der Waals surface area (Å²) < 4.78 is 15.2. The third kappa shape index (κ3) is 4.56. The first kappa shape index (κ1) is 20.5. The lowest BCUT2D eigenvalue weighted by Gasteiger charge is -2.10. The van der Waals surface area contributed by atoms with E-state index in [0.717, 1.165) is 5.69 Å². The lowest BCUT2D eigenvalue weighted by molar-refractivity contribution is -0.212. The summed E-state index contributed by atoms with van der Waals surface area (Å²) in [6, 6.07) is 8.33. The van der Waals surface area contributed by atoms with E-state index in [4.69, 9.17) is 4.89 Å². The Morgan fingerprint density at radius 2 is 1.94 bits per heavy atom. The van der Waals surface area contributed by atoms with Crippen LogP contribution < -0.4 is 4.89 Å². The van der Waals surface area contributed by atoms with E-state index >= 15 is 0 Å². The van der Waals surface area contributed by atoms with E-state index in [1.165, 1.54) is 36.1 Å². The fourth-order valence-electron chi connectivity index (χ4n) is 2.78. The van der Waals surface area contributed by atoms with Gasteiger partial charge in [0.15, 0.2) is 5.82 Å². The lowest BCUT2D eigenvalue weighted by Crippen LogP contribution is -2.09. The summed E-state index contributed by atoms with van der Waals surface area (Å²) in [5.74, 6) is -0.908. The molecule has 0 unspecified atom stereocenters. The molecule has 31 heavy (non-hydrogen) atoms. The molecule has 0 saturated carbocycles. The minimum absolute atomic E-state index is 0.0241. The molecule has 0 N–H and O–H groups in total. The normalized spacial score (nSPS) is 10.7. The average molecular weight is 485 g/mol. The third-order valence-corrected chi connectivity index (χ3v) is 4.78. The summed E-state index contributed by atoms with van der Waals surface area (Å²) in [6.45, 7) is 1.20. The largest absolute Gasteiger partial charge is 0.352 e. The van der Waals surface area contributed by atoms with E-state index in [-0.39, 0.29) is 5.88 Å². The Bertz CT molecular complexity index is 1220. The maximum atomic E-state index is 13.4. The number of hydrogen-bond acceptors (Lipinski definition) is 8. The summed E-state index contributed by atoms with van der Waals surface area (Å²) in [4.78, 5) is 37.8. The highest BCUT2D eigenvalue weighted by molar-refractivity contribution is 9.10. The summed E-state index contributed by atoms with van der Waals surface area (Å²) in [6.07, 6.45) is 6.51. The van der Waals surface area contributed by atoms with Crippen LogP contribution in [-0.4, -0.2) is 35.7 Å². The van der Waals surface area contributed by atoms with Crippen molar-refractivity contribution in [1.29, 1.82) is 0 Å². The first-order valence-corrected chi connectivity index (χ1v) is 9.78. The Labute approximate surface area is 184 Å². The van der Waals surface area contributed by atoms with E-state index in [0.29, 0.717) is 33.7 Å². The van der Waals surface area contributed by atoms with Gasteiger partial charge in [-0.15, -0.1) is 5.10 Å². The molecule has 0 spiro atoms. The first-order chi connectivity index (χ1) is 15.0. The first-order valence-electron chi connectivity index (χ1n) is 8.98. The fourth-order valence-corrected chi connectivity index (χ4v) is 3.33. The van der Waals surface area contributed by atoms with Gasteiger partial charge in [-0.2, -0.15) is 4.39 Å². The second kappa shape index (κ2) is 8.96. The third-order valence-electron chi connectivity index (χ3n) is 4.06. The highest BCUT2D eigenvalue weighted by Gasteiger charge is 2.24. The van der Waals surface area contributed by atoms with Crippen LogP contribution in [0.25, 0.3) is 17.1 Å². The minimum Gasteiger partial charge on any atom is -0.263 e. The zero-order valence-electron chi connectivity index (χ0n) is 16.1. The van der Waals surface area contributed by atoms with Crippen molar-refractivity contribution in [2.24, 2.45) is 0 Å². The second-order valence-corrected chi connectivity index (χ2v) is 7.02. The Balaban J connectivity index is 1.85. The Morgan fingerprint density at radius 1 is 1.10 bits per heavy atom. The van der Waals surface area contributed by atoms with Crippen LogP contribution in [0, 0.1) is 5.95 Å². The van der Waals surface area contributed by atoms with Crippen LogP contribution in [0.1, 0.15) is 18.3 Å².